The van der Waals surface area contributed by atoms with Crippen LogP contribution in [0.3, 0.4) is 0 Å². The van der Waals surface area contributed by atoms with Crippen molar-refractivity contribution in [3.8, 4) is 0 Å². The summed E-state index contributed by atoms with van der Waals surface area (Å²) >= 11 is 0. The van der Waals surface area contributed by atoms with Crippen LogP contribution in [-0.2, 0) is 0 Å². The van der Waals surface area contributed by atoms with Gasteiger partial charge in [-0.05, 0) is 50.2 Å². The van der Waals surface area contributed by atoms with Gasteiger partial charge in [0.1, 0.15) is 0 Å². The lowest BCUT2D eigenvalue weighted by molar-refractivity contribution is 0.0476. The first-order valence-corrected chi connectivity index (χ1v) is 9.40. The van der Waals surface area contributed by atoms with Crippen LogP contribution in [0.25, 0.3) is 0 Å². The summed E-state index contributed by atoms with van der Waals surface area (Å²) in [7, 11) is 0. The van der Waals surface area contributed by atoms with Gasteiger partial charge >= 0.3 is 6.03 Å². The molecule has 1 aliphatic heterocycles. The second-order valence-electron chi connectivity index (χ2n) is 7.93. The first kappa shape index (κ1) is 19.6. The van der Waals surface area contributed by atoms with Crippen LogP contribution >= 0.6 is 0 Å². The second-order valence-corrected chi connectivity index (χ2v) is 7.93. The molecule has 2 atom stereocenters. The number of para-hydroxylation sites is 1. The Bertz CT molecular complexity index is 531. The molecule has 5 nitrogen and oxygen atoms in total. The number of hydrogen-bond donors (Lipinski definition) is 3. The molecule has 25 heavy (non-hydrogen) atoms. The van der Waals surface area contributed by atoms with Gasteiger partial charge in [0, 0.05) is 31.9 Å². The topological polar surface area (TPSA) is 64.6 Å². The fraction of sp³-hybridized carbons (Fsp3) is 0.650. The number of amides is 2. The maximum atomic E-state index is 12.0. The number of aliphatic hydroxyl groups is 1. The van der Waals surface area contributed by atoms with Crippen LogP contribution in [0.15, 0.2) is 30.3 Å². The van der Waals surface area contributed by atoms with Crippen molar-refractivity contribution in [3.05, 3.63) is 30.3 Å². The number of carbonyl (C=O) groups excluding carboxylic acids is 1. The first-order chi connectivity index (χ1) is 11.9. The zero-order valence-corrected chi connectivity index (χ0v) is 15.8. The average molecular weight is 348 g/mol. The smallest absolute Gasteiger partial charge is 0.314 e. The Labute approximate surface area is 151 Å². The summed E-state index contributed by atoms with van der Waals surface area (Å²) < 4.78 is 0. The van der Waals surface area contributed by atoms with E-state index in [1.54, 1.807) is 6.92 Å². The molecule has 1 aromatic rings. The van der Waals surface area contributed by atoms with Crippen LogP contribution in [0, 0.1) is 11.8 Å². The molecule has 2 unspecified atom stereocenters. The summed E-state index contributed by atoms with van der Waals surface area (Å²) in [6.45, 7) is 9.01. The maximum Gasteiger partial charge on any atom is 0.314 e. The van der Waals surface area contributed by atoms with E-state index < -0.39 is 5.60 Å². The molecule has 0 saturated carbocycles. The predicted molar refractivity (Wildman–Crippen MR) is 103 cm³/mol. The fourth-order valence-electron chi connectivity index (χ4n) is 3.13. The van der Waals surface area contributed by atoms with Gasteiger partial charge in [0.15, 0.2) is 0 Å². The largest absolute Gasteiger partial charge is 0.388 e. The number of rotatable bonds is 8. The molecule has 5 heteroatoms. The Kier molecular flexibility index (Phi) is 7.12. The van der Waals surface area contributed by atoms with E-state index in [1.165, 1.54) is 5.69 Å². The van der Waals surface area contributed by atoms with E-state index in [-0.39, 0.29) is 12.6 Å². The van der Waals surface area contributed by atoms with Crippen molar-refractivity contribution >= 4 is 11.7 Å². The number of urea groups is 1. The van der Waals surface area contributed by atoms with Gasteiger partial charge in [-0.1, -0.05) is 32.0 Å². The average Bonchev–Trinajstić information content (AvgIpc) is 3.06. The lowest BCUT2D eigenvalue weighted by Crippen LogP contribution is -2.46. The van der Waals surface area contributed by atoms with Crippen molar-refractivity contribution in [2.45, 2.75) is 45.6 Å². The molecule has 0 radical (unpaired) electrons. The van der Waals surface area contributed by atoms with Crippen molar-refractivity contribution < 1.29 is 9.90 Å². The van der Waals surface area contributed by atoms with Gasteiger partial charge in [-0.3, -0.25) is 0 Å². The van der Waals surface area contributed by atoms with Crippen molar-refractivity contribution in [1.29, 1.82) is 0 Å². The van der Waals surface area contributed by atoms with Gasteiger partial charge in [0.05, 0.1) is 5.60 Å². The molecular weight excluding hydrogens is 314 g/mol. The highest BCUT2D eigenvalue weighted by Gasteiger charge is 2.24. The number of anilines is 1. The number of nitrogens with one attached hydrogen (secondary N) is 2. The Morgan fingerprint density at radius 1 is 1.32 bits per heavy atom. The normalized spacial score (nSPS) is 19.7. The van der Waals surface area contributed by atoms with Gasteiger partial charge in [0.2, 0.25) is 0 Å². The molecule has 0 spiro atoms. The van der Waals surface area contributed by atoms with Gasteiger partial charge in [0.25, 0.3) is 0 Å². The van der Waals surface area contributed by atoms with E-state index in [1.807, 2.05) is 6.07 Å². The SMILES string of the molecule is CC(C)CCC(C)(O)CNC(=O)NCC1CCN(c2ccccc2)C1. The van der Waals surface area contributed by atoms with Crippen LogP contribution < -0.4 is 15.5 Å². The Balaban J connectivity index is 1.65. The Morgan fingerprint density at radius 2 is 2.04 bits per heavy atom. The summed E-state index contributed by atoms with van der Waals surface area (Å²) in [5.74, 6) is 1.02. The van der Waals surface area contributed by atoms with Crippen LogP contribution in [0.1, 0.15) is 40.0 Å². The summed E-state index contributed by atoms with van der Waals surface area (Å²) in [5, 5.41) is 16.0. The molecule has 0 aromatic heterocycles. The van der Waals surface area contributed by atoms with E-state index in [2.05, 4.69) is 53.6 Å². The number of carbonyl (C=O) groups is 1. The van der Waals surface area contributed by atoms with Gasteiger partial charge in [-0.15, -0.1) is 0 Å². The number of benzene rings is 1. The monoisotopic (exact) mass is 347 g/mol. The molecule has 1 aromatic carbocycles. The third-order valence-electron chi connectivity index (χ3n) is 4.85. The molecule has 1 heterocycles. The maximum absolute atomic E-state index is 12.0. The highest BCUT2D eigenvalue weighted by atomic mass is 16.3. The van der Waals surface area contributed by atoms with Crippen LogP contribution in [0.2, 0.25) is 0 Å². The zero-order valence-electron chi connectivity index (χ0n) is 15.8. The molecule has 140 valence electrons. The molecule has 0 aliphatic carbocycles. The van der Waals surface area contributed by atoms with Crippen LogP contribution in [-0.4, -0.2) is 42.9 Å². The van der Waals surface area contributed by atoms with Gasteiger partial charge < -0.3 is 20.6 Å². The van der Waals surface area contributed by atoms with Gasteiger partial charge in [-0.25, -0.2) is 4.79 Å². The highest BCUT2D eigenvalue weighted by molar-refractivity contribution is 5.73. The zero-order chi connectivity index (χ0) is 18.3. The molecule has 2 rings (SSSR count). The standard InChI is InChI=1S/C20H33N3O2/c1-16(2)9-11-20(3,25)15-22-19(24)21-13-17-10-12-23(14-17)18-7-5-4-6-8-18/h4-8,16-17,25H,9-15H2,1-3H3,(H2,21,22,24). The first-order valence-electron chi connectivity index (χ1n) is 9.40. The lowest BCUT2D eigenvalue weighted by atomic mass is 9.95. The second kappa shape index (κ2) is 9.09. The minimum Gasteiger partial charge on any atom is -0.388 e. The van der Waals surface area contributed by atoms with Crippen molar-refractivity contribution in [3.63, 3.8) is 0 Å². The van der Waals surface area contributed by atoms with Crippen LogP contribution in [0.4, 0.5) is 10.5 Å². The molecule has 1 saturated heterocycles. The predicted octanol–water partition coefficient (Wildman–Crippen LogP) is 3.00. The van der Waals surface area contributed by atoms with E-state index in [0.717, 1.165) is 25.9 Å². The summed E-state index contributed by atoms with van der Waals surface area (Å²) in [6, 6.07) is 10.2. The molecule has 2 amide bonds. The van der Waals surface area contributed by atoms with E-state index >= 15 is 0 Å². The lowest BCUT2D eigenvalue weighted by Gasteiger charge is -2.25. The summed E-state index contributed by atoms with van der Waals surface area (Å²) in [6.07, 6.45) is 2.73. The Morgan fingerprint density at radius 3 is 2.72 bits per heavy atom. The third-order valence-corrected chi connectivity index (χ3v) is 4.85. The molecule has 0 bridgehead atoms. The fourth-order valence-corrected chi connectivity index (χ4v) is 3.13. The van der Waals surface area contributed by atoms with Crippen molar-refractivity contribution in [2.24, 2.45) is 11.8 Å². The third kappa shape index (κ3) is 6.94. The minimum atomic E-state index is -0.848. The van der Waals surface area contributed by atoms with E-state index in [4.69, 9.17) is 0 Å². The molecule has 3 N–H and O–H groups in total. The Hall–Kier alpha value is -1.75. The summed E-state index contributed by atoms with van der Waals surface area (Å²) in [4.78, 5) is 14.4. The number of nitrogens with zero attached hydrogens (tertiary/aromatic N) is 1. The molecule has 1 aliphatic rings. The van der Waals surface area contributed by atoms with E-state index in [0.29, 0.717) is 24.8 Å². The van der Waals surface area contributed by atoms with Crippen molar-refractivity contribution in [1.82, 2.24) is 10.6 Å². The number of hydrogen-bond acceptors (Lipinski definition) is 3. The quantitative estimate of drug-likeness (QED) is 0.677. The summed E-state index contributed by atoms with van der Waals surface area (Å²) in [5.41, 5.74) is 0.398. The van der Waals surface area contributed by atoms with Crippen molar-refractivity contribution in [2.75, 3.05) is 31.1 Å². The molecule has 1 fully saturated rings. The van der Waals surface area contributed by atoms with Crippen LogP contribution in [0.5, 0.6) is 0 Å². The van der Waals surface area contributed by atoms with Gasteiger partial charge in [-0.2, -0.15) is 0 Å². The molecular formula is C20H33N3O2. The minimum absolute atomic E-state index is 0.192. The highest BCUT2D eigenvalue weighted by Crippen LogP contribution is 2.22. The van der Waals surface area contributed by atoms with E-state index in [9.17, 15) is 9.90 Å².